The van der Waals surface area contributed by atoms with E-state index in [4.69, 9.17) is 4.74 Å². The number of nitrogens with zero attached hydrogens (tertiary/aromatic N) is 3. The topological polar surface area (TPSA) is 67.4 Å². The lowest BCUT2D eigenvalue weighted by atomic mass is 10.2. The Morgan fingerprint density at radius 3 is 3.17 bits per heavy atom. The fourth-order valence-corrected chi connectivity index (χ4v) is 3.38. The number of nitrogens with one attached hydrogen (secondary N) is 1. The van der Waals surface area contributed by atoms with E-state index in [0.29, 0.717) is 13.1 Å². The van der Waals surface area contributed by atoms with Gasteiger partial charge in [0.15, 0.2) is 0 Å². The molecule has 1 N–H and O–H groups in total. The minimum Gasteiger partial charge on any atom is -0.487 e. The van der Waals surface area contributed by atoms with Crippen molar-refractivity contribution in [3.63, 3.8) is 0 Å². The maximum Gasteiger partial charge on any atom is 0.318 e. The molecule has 3 heterocycles. The number of carbonyl (C=O) groups excluding carboxylic acids is 1. The lowest BCUT2D eigenvalue weighted by molar-refractivity contribution is 0.184. The van der Waals surface area contributed by atoms with Gasteiger partial charge in [-0.1, -0.05) is 6.92 Å². The number of ether oxygens (including phenoxy) is 1. The van der Waals surface area contributed by atoms with E-state index < -0.39 is 0 Å². The normalized spacial score (nSPS) is 18.7. The SMILES string of the molecule is CC[C@H](NC(=O)N1CC[C@H](Oc2cccnc2)C1)c1nccs1. The summed E-state index contributed by atoms with van der Waals surface area (Å²) in [4.78, 5) is 22.6. The lowest BCUT2D eigenvalue weighted by Gasteiger charge is -2.21. The Morgan fingerprint density at radius 2 is 2.48 bits per heavy atom. The number of pyridine rings is 1. The van der Waals surface area contributed by atoms with E-state index in [1.807, 2.05) is 24.4 Å². The van der Waals surface area contributed by atoms with Gasteiger partial charge >= 0.3 is 6.03 Å². The van der Waals surface area contributed by atoms with Gasteiger partial charge in [0.05, 0.1) is 18.8 Å². The van der Waals surface area contributed by atoms with Crippen LogP contribution in [0.1, 0.15) is 30.8 Å². The Labute approximate surface area is 139 Å². The molecule has 0 aromatic carbocycles. The van der Waals surface area contributed by atoms with E-state index in [-0.39, 0.29) is 18.2 Å². The molecule has 0 bridgehead atoms. The van der Waals surface area contributed by atoms with Crippen LogP contribution in [0.5, 0.6) is 5.75 Å². The number of aromatic nitrogens is 2. The molecule has 1 aliphatic heterocycles. The predicted molar refractivity (Wildman–Crippen MR) is 88.5 cm³/mol. The van der Waals surface area contributed by atoms with Crippen molar-refractivity contribution < 1.29 is 9.53 Å². The minimum atomic E-state index is -0.0515. The molecule has 2 amide bonds. The van der Waals surface area contributed by atoms with Gasteiger partial charge in [-0.05, 0) is 18.6 Å². The summed E-state index contributed by atoms with van der Waals surface area (Å²) in [5, 5.41) is 5.94. The van der Waals surface area contributed by atoms with Crippen LogP contribution in [0.2, 0.25) is 0 Å². The molecule has 2 atom stereocenters. The Bertz CT molecular complexity index is 620. The Morgan fingerprint density at radius 1 is 1.57 bits per heavy atom. The molecule has 0 aliphatic carbocycles. The summed E-state index contributed by atoms with van der Waals surface area (Å²) in [5.74, 6) is 0.744. The Hall–Kier alpha value is -2.15. The summed E-state index contributed by atoms with van der Waals surface area (Å²) in [5.41, 5.74) is 0. The number of hydrogen-bond donors (Lipinski definition) is 1. The number of carbonyl (C=O) groups is 1. The van der Waals surface area contributed by atoms with Crippen molar-refractivity contribution >= 4 is 17.4 Å². The van der Waals surface area contributed by atoms with E-state index in [0.717, 1.165) is 23.6 Å². The van der Waals surface area contributed by atoms with Crippen molar-refractivity contribution in [3.05, 3.63) is 41.1 Å². The van der Waals surface area contributed by atoms with Crippen LogP contribution in [0.15, 0.2) is 36.1 Å². The second kappa shape index (κ2) is 7.41. The summed E-state index contributed by atoms with van der Waals surface area (Å²) < 4.78 is 5.86. The third kappa shape index (κ3) is 3.98. The van der Waals surface area contributed by atoms with Crippen LogP contribution >= 0.6 is 11.3 Å². The monoisotopic (exact) mass is 332 g/mol. The molecule has 7 heteroatoms. The van der Waals surface area contributed by atoms with E-state index in [1.165, 1.54) is 0 Å². The highest BCUT2D eigenvalue weighted by molar-refractivity contribution is 7.09. The summed E-state index contributed by atoms with van der Waals surface area (Å²) in [7, 11) is 0. The van der Waals surface area contributed by atoms with E-state index in [2.05, 4.69) is 15.3 Å². The van der Waals surface area contributed by atoms with Crippen LogP contribution in [0, 0.1) is 0 Å². The predicted octanol–water partition coefficient (Wildman–Crippen LogP) is 2.85. The standard InChI is InChI=1S/C16H20N4O2S/c1-2-14(15-18-7-9-23-15)19-16(21)20-8-5-13(11-20)22-12-4-3-6-17-10-12/h3-4,6-7,9-10,13-14H,2,5,8,11H2,1H3,(H,19,21)/t13-,14-/m0/s1. The molecule has 23 heavy (non-hydrogen) atoms. The van der Waals surface area contributed by atoms with Gasteiger partial charge in [-0.3, -0.25) is 4.98 Å². The van der Waals surface area contributed by atoms with Crippen LogP contribution < -0.4 is 10.1 Å². The highest BCUT2D eigenvalue weighted by Gasteiger charge is 2.29. The first-order chi connectivity index (χ1) is 11.3. The summed E-state index contributed by atoms with van der Waals surface area (Å²) in [6, 6.07) is 3.64. The van der Waals surface area contributed by atoms with Crippen LogP contribution in [-0.2, 0) is 0 Å². The first-order valence-corrected chi connectivity index (χ1v) is 8.65. The summed E-state index contributed by atoms with van der Waals surface area (Å²) in [6.45, 7) is 3.34. The second-order valence-corrected chi connectivity index (χ2v) is 6.37. The molecular weight excluding hydrogens is 312 g/mol. The van der Waals surface area contributed by atoms with Gasteiger partial charge in [0.1, 0.15) is 16.9 Å². The van der Waals surface area contributed by atoms with E-state index in [9.17, 15) is 4.79 Å². The highest BCUT2D eigenvalue weighted by Crippen LogP contribution is 2.21. The third-order valence-electron chi connectivity index (χ3n) is 3.82. The molecule has 0 saturated carbocycles. The van der Waals surface area contributed by atoms with Crippen molar-refractivity contribution in [2.75, 3.05) is 13.1 Å². The fraction of sp³-hybridized carbons (Fsp3) is 0.438. The zero-order chi connectivity index (χ0) is 16.1. The quantitative estimate of drug-likeness (QED) is 0.914. The lowest BCUT2D eigenvalue weighted by Crippen LogP contribution is -2.41. The summed E-state index contributed by atoms with van der Waals surface area (Å²) in [6.07, 6.45) is 6.84. The molecule has 2 aromatic heterocycles. The summed E-state index contributed by atoms with van der Waals surface area (Å²) >= 11 is 1.57. The van der Waals surface area contributed by atoms with Gasteiger partial charge in [-0.25, -0.2) is 9.78 Å². The van der Waals surface area contributed by atoms with Gasteiger partial charge in [-0.2, -0.15) is 0 Å². The average molecular weight is 332 g/mol. The van der Waals surface area contributed by atoms with Gasteiger partial charge in [-0.15, -0.1) is 11.3 Å². The van der Waals surface area contributed by atoms with E-state index >= 15 is 0 Å². The molecule has 122 valence electrons. The molecule has 1 saturated heterocycles. The largest absolute Gasteiger partial charge is 0.487 e. The van der Waals surface area contributed by atoms with Gasteiger partial charge in [0.25, 0.3) is 0 Å². The van der Waals surface area contributed by atoms with Crippen molar-refractivity contribution in [1.29, 1.82) is 0 Å². The molecule has 2 aromatic rings. The van der Waals surface area contributed by atoms with Gasteiger partial charge in [0.2, 0.25) is 0 Å². The zero-order valence-corrected chi connectivity index (χ0v) is 13.8. The number of rotatable bonds is 5. The highest BCUT2D eigenvalue weighted by atomic mass is 32.1. The fourth-order valence-electron chi connectivity index (χ4n) is 2.60. The molecule has 0 spiro atoms. The second-order valence-electron chi connectivity index (χ2n) is 5.44. The molecule has 1 aliphatic rings. The number of likely N-dealkylation sites (tertiary alicyclic amines) is 1. The molecule has 6 nitrogen and oxygen atoms in total. The molecule has 0 radical (unpaired) electrons. The van der Waals surface area contributed by atoms with Crippen LogP contribution in [0.4, 0.5) is 4.79 Å². The average Bonchev–Trinajstić information content (AvgIpc) is 3.25. The zero-order valence-electron chi connectivity index (χ0n) is 13.0. The van der Waals surface area contributed by atoms with Crippen molar-refractivity contribution in [1.82, 2.24) is 20.2 Å². The van der Waals surface area contributed by atoms with Crippen molar-refractivity contribution in [2.45, 2.75) is 31.9 Å². The Balaban J connectivity index is 1.53. The maximum absolute atomic E-state index is 12.4. The molecular formula is C16H20N4O2S. The number of amides is 2. The smallest absolute Gasteiger partial charge is 0.318 e. The van der Waals surface area contributed by atoms with Crippen LogP contribution in [-0.4, -0.2) is 40.1 Å². The van der Waals surface area contributed by atoms with Crippen molar-refractivity contribution in [3.8, 4) is 5.75 Å². The van der Waals surface area contributed by atoms with Gasteiger partial charge in [0, 0.05) is 30.7 Å². The molecule has 1 fully saturated rings. The minimum absolute atomic E-state index is 0.0184. The third-order valence-corrected chi connectivity index (χ3v) is 4.71. The van der Waals surface area contributed by atoms with E-state index in [1.54, 1.807) is 34.8 Å². The van der Waals surface area contributed by atoms with Gasteiger partial charge < -0.3 is 15.0 Å². The Kier molecular flexibility index (Phi) is 5.07. The molecule has 3 rings (SSSR count). The number of thiazole rings is 1. The number of hydrogen-bond acceptors (Lipinski definition) is 5. The van der Waals surface area contributed by atoms with Crippen molar-refractivity contribution in [2.24, 2.45) is 0 Å². The molecule has 0 unspecified atom stereocenters. The van der Waals surface area contributed by atoms with Crippen LogP contribution in [0.25, 0.3) is 0 Å². The first kappa shape index (κ1) is 15.7. The maximum atomic E-state index is 12.4. The van der Waals surface area contributed by atoms with Crippen LogP contribution in [0.3, 0.4) is 0 Å². The number of urea groups is 1. The first-order valence-electron chi connectivity index (χ1n) is 7.77.